The second-order valence-corrected chi connectivity index (χ2v) is 5.19. The van der Waals surface area contributed by atoms with Gasteiger partial charge in [-0.25, -0.2) is 4.98 Å². The molecule has 0 radical (unpaired) electrons. The van der Waals surface area contributed by atoms with E-state index in [1.54, 1.807) is 11.3 Å². The van der Waals surface area contributed by atoms with Crippen LogP contribution in [-0.4, -0.2) is 15.9 Å². The van der Waals surface area contributed by atoms with Gasteiger partial charge in [0, 0.05) is 6.42 Å². The van der Waals surface area contributed by atoms with Crippen molar-refractivity contribution in [1.29, 1.82) is 0 Å². The molecule has 0 spiro atoms. The number of thiocarbonyl (C=S) groups is 1. The summed E-state index contributed by atoms with van der Waals surface area (Å²) in [5, 5.41) is 3.60. The van der Waals surface area contributed by atoms with Gasteiger partial charge in [0.2, 0.25) is 5.91 Å². The lowest BCUT2D eigenvalue weighted by atomic mass is 10.1. The van der Waals surface area contributed by atoms with Crippen molar-refractivity contribution in [3.8, 4) is 0 Å². The second kappa shape index (κ2) is 3.61. The Morgan fingerprint density at radius 1 is 1.44 bits per heavy atom. The Balaban J connectivity index is 2.06. The minimum atomic E-state index is -0.0279. The molecule has 2 aromatic rings. The number of rotatable bonds is 1. The highest BCUT2D eigenvalue weighted by Crippen LogP contribution is 2.32. The molecule has 1 saturated heterocycles. The first-order chi connectivity index (χ1) is 7.74. The number of nitrogens with zero attached hydrogens (tertiary/aromatic N) is 1. The van der Waals surface area contributed by atoms with E-state index in [-0.39, 0.29) is 11.8 Å². The Morgan fingerprint density at radius 2 is 2.25 bits per heavy atom. The van der Waals surface area contributed by atoms with E-state index < -0.39 is 0 Å². The number of fused-ring (bicyclic) bond motifs is 1. The molecular weight excluding hydrogens is 240 g/mol. The summed E-state index contributed by atoms with van der Waals surface area (Å²) in [6.07, 6.45) is 0.429. The van der Waals surface area contributed by atoms with E-state index in [0.29, 0.717) is 11.4 Å². The summed E-state index contributed by atoms with van der Waals surface area (Å²) in [7, 11) is 0. The van der Waals surface area contributed by atoms with Gasteiger partial charge in [0.1, 0.15) is 5.01 Å². The summed E-state index contributed by atoms with van der Waals surface area (Å²) >= 11 is 6.75. The number of carbonyl (C=O) groups excluding carboxylic acids is 1. The summed E-state index contributed by atoms with van der Waals surface area (Å²) in [4.78, 5) is 16.3. The first-order valence-corrected chi connectivity index (χ1v) is 6.15. The van der Waals surface area contributed by atoms with Crippen molar-refractivity contribution in [3.63, 3.8) is 0 Å². The molecule has 1 unspecified atom stereocenters. The molecule has 80 valence electrons. The number of benzene rings is 1. The molecule has 1 aliphatic heterocycles. The highest BCUT2D eigenvalue weighted by atomic mass is 32.1. The van der Waals surface area contributed by atoms with E-state index in [1.165, 1.54) is 0 Å². The van der Waals surface area contributed by atoms with Crippen molar-refractivity contribution in [2.24, 2.45) is 0 Å². The summed E-state index contributed by atoms with van der Waals surface area (Å²) in [6, 6.07) is 7.95. The normalized spacial score (nSPS) is 20.4. The zero-order chi connectivity index (χ0) is 11.1. The fourth-order valence-corrected chi connectivity index (χ4v) is 3.25. The van der Waals surface area contributed by atoms with Crippen molar-refractivity contribution >= 4 is 44.7 Å². The van der Waals surface area contributed by atoms with E-state index in [1.807, 2.05) is 24.3 Å². The second-order valence-electron chi connectivity index (χ2n) is 3.69. The number of aromatic nitrogens is 1. The Hall–Kier alpha value is -1.33. The SMILES string of the molecule is O=C1CC(c2nc3ccccc3s2)C(=S)N1. The molecule has 1 amide bonds. The lowest BCUT2D eigenvalue weighted by Crippen LogP contribution is -2.19. The molecule has 2 heterocycles. The third-order valence-corrected chi connectivity index (χ3v) is 4.11. The predicted molar refractivity (Wildman–Crippen MR) is 67.7 cm³/mol. The average Bonchev–Trinajstić information content (AvgIpc) is 2.81. The van der Waals surface area contributed by atoms with Crippen LogP contribution in [0.25, 0.3) is 10.2 Å². The fourth-order valence-electron chi connectivity index (χ4n) is 1.79. The molecule has 1 aromatic carbocycles. The number of thiazole rings is 1. The summed E-state index contributed by atoms with van der Waals surface area (Å²) in [6.45, 7) is 0. The van der Waals surface area contributed by atoms with E-state index in [4.69, 9.17) is 12.2 Å². The monoisotopic (exact) mass is 248 g/mol. The van der Waals surface area contributed by atoms with Gasteiger partial charge in [-0.05, 0) is 12.1 Å². The average molecular weight is 248 g/mol. The molecule has 1 aliphatic rings. The molecule has 0 saturated carbocycles. The van der Waals surface area contributed by atoms with E-state index in [0.717, 1.165) is 15.2 Å². The lowest BCUT2D eigenvalue weighted by Gasteiger charge is -2.01. The number of hydrogen-bond donors (Lipinski definition) is 1. The van der Waals surface area contributed by atoms with Gasteiger partial charge in [-0.1, -0.05) is 24.4 Å². The molecule has 1 atom stereocenters. The van der Waals surface area contributed by atoms with Crippen LogP contribution in [0.15, 0.2) is 24.3 Å². The lowest BCUT2D eigenvalue weighted by molar-refractivity contribution is -0.118. The molecule has 5 heteroatoms. The van der Waals surface area contributed by atoms with E-state index >= 15 is 0 Å². The van der Waals surface area contributed by atoms with Gasteiger partial charge >= 0.3 is 0 Å². The highest BCUT2D eigenvalue weighted by molar-refractivity contribution is 7.80. The Labute approximate surface area is 101 Å². The van der Waals surface area contributed by atoms with E-state index in [9.17, 15) is 4.79 Å². The van der Waals surface area contributed by atoms with Crippen LogP contribution < -0.4 is 5.32 Å². The van der Waals surface area contributed by atoms with Crippen LogP contribution in [0, 0.1) is 0 Å². The maximum Gasteiger partial charge on any atom is 0.225 e. The van der Waals surface area contributed by atoms with Crippen LogP contribution in [0.2, 0.25) is 0 Å². The third kappa shape index (κ3) is 1.52. The number of carbonyl (C=O) groups is 1. The van der Waals surface area contributed by atoms with Crippen LogP contribution in [0.5, 0.6) is 0 Å². The molecule has 3 rings (SSSR count). The van der Waals surface area contributed by atoms with Gasteiger partial charge in [0.05, 0.1) is 21.1 Å². The first-order valence-electron chi connectivity index (χ1n) is 4.93. The topological polar surface area (TPSA) is 42.0 Å². The van der Waals surface area contributed by atoms with Crippen LogP contribution in [-0.2, 0) is 4.79 Å². The van der Waals surface area contributed by atoms with Crippen molar-refractivity contribution in [1.82, 2.24) is 10.3 Å². The van der Waals surface area contributed by atoms with Gasteiger partial charge in [-0.2, -0.15) is 0 Å². The zero-order valence-corrected chi connectivity index (χ0v) is 9.90. The van der Waals surface area contributed by atoms with Crippen LogP contribution in [0.3, 0.4) is 0 Å². The zero-order valence-electron chi connectivity index (χ0n) is 8.27. The molecular formula is C11H8N2OS2. The van der Waals surface area contributed by atoms with Gasteiger partial charge < -0.3 is 5.32 Å². The number of para-hydroxylation sites is 1. The smallest absolute Gasteiger partial charge is 0.225 e. The maximum absolute atomic E-state index is 11.2. The Kier molecular flexibility index (Phi) is 2.22. The largest absolute Gasteiger partial charge is 0.320 e. The van der Waals surface area contributed by atoms with Crippen molar-refractivity contribution in [2.75, 3.05) is 0 Å². The quantitative estimate of drug-likeness (QED) is 0.787. The van der Waals surface area contributed by atoms with Gasteiger partial charge in [0.25, 0.3) is 0 Å². The van der Waals surface area contributed by atoms with Crippen molar-refractivity contribution < 1.29 is 4.79 Å². The Bertz CT molecular complexity index is 557. The predicted octanol–water partition coefficient (Wildman–Crippen LogP) is 2.23. The van der Waals surface area contributed by atoms with Crippen LogP contribution in [0.1, 0.15) is 17.3 Å². The molecule has 16 heavy (non-hydrogen) atoms. The minimum Gasteiger partial charge on any atom is -0.320 e. The maximum atomic E-state index is 11.2. The number of nitrogens with one attached hydrogen (secondary N) is 1. The van der Waals surface area contributed by atoms with Gasteiger partial charge in [-0.15, -0.1) is 11.3 Å². The number of amides is 1. The first kappa shape index (κ1) is 9.86. The van der Waals surface area contributed by atoms with Gasteiger partial charge in [-0.3, -0.25) is 4.79 Å². The van der Waals surface area contributed by atoms with Crippen LogP contribution in [0.4, 0.5) is 0 Å². The standard InChI is InChI=1S/C11H8N2OS2/c14-9-5-6(10(15)13-9)11-12-7-3-1-2-4-8(7)16-11/h1-4,6H,5H2,(H,13,14,15). The summed E-state index contributed by atoms with van der Waals surface area (Å²) < 4.78 is 1.14. The molecule has 0 bridgehead atoms. The Morgan fingerprint density at radius 3 is 2.94 bits per heavy atom. The third-order valence-electron chi connectivity index (χ3n) is 2.58. The summed E-state index contributed by atoms with van der Waals surface area (Å²) in [5.74, 6) is -0.0332. The molecule has 1 fully saturated rings. The van der Waals surface area contributed by atoms with Crippen LogP contribution >= 0.6 is 23.6 Å². The molecule has 0 aliphatic carbocycles. The van der Waals surface area contributed by atoms with Crippen molar-refractivity contribution in [2.45, 2.75) is 12.3 Å². The summed E-state index contributed by atoms with van der Waals surface area (Å²) in [5.41, 5.74) is 0.977. The van der Waals surface area contributed by atoms with E-state index in [2.05, 4.69) is 10.3 Å². The fraction of sp³-hybridized carbons (Fsp3) is 0.182. The van der Waals surface area contributed by atoms with Gasteiger partial charge in [0.15, 0.2) is 0 Å². The molecule has 3 nitrogen and oxygen atoms in total. The molecule has 1 aromatic heterocycles. The number of hydrogen-bond acceptors (Lipinski definition) is 4. The molecule has 1 N–H and O–H groups in total. The highest BCUT2D eigenvalue weighted by Gasteiger charge is 2.30. The van der Waals surface area contributed by atoms with Crippen molar-refractivity contribution in [3.05, 3.63) is 29.3 Å². The minimum absolute atomic E-state index is 0.00532.